The molecule has 1 heterocycles. The lowest BCUT2D eigenvalue weighted by molar-refractivity contribution is -0.118. The smallest absolute Gasteiger partial charge is 0.264 e. The highest BCUT2D eigenvalue weighted by atomic mass is 32.2. The van der Waals surface area contributed by atoms with E-state index in [1.54, 1.807) is 12.1 Å². The molecule has 27 heavy (non-hydrogen) atoms. The Balaban J connectivity index is 1.59. The molecule has 3 aromatic rings. The van der Waals surface area contributed by atoms with Crippen LogP contribution in [0.2, 0.25) is 0 Å². The number of carbonyl (C=O) groups is 1. The first kappa shape index (κ1) is 19.1. The van der Waals surface area contributed by atoms with Gasteiger partial charge in [-0.25, -0.2) is 13.4 Å². The lowest BCUT2D eigenvalue weighted by atomic mass is 10.1. The normalized spacial score (nSPS) is 11.2. The first-order valence-corrected chi connectivity index (χ1v) is 10.8. The number of nitrogens with zero attached hydrogens (tertiary/aromatic N) is 1. The topological polar surface area (TPSA) is 85.4 Å². The number of aryl methyl sites for hydroxylation is 1. The molecule has 0 saturated heterocycles. The largest absolute Gasteiger partial charge is 0.484 e. The van der Waals surface area contributed by atoms with Crippen molar-refractivity contribution in [1.82, 2.24) is 4.98 Å². The minimum Gasteiger partial charge on any atom is -0.484 e. The number of nitrogens with one attached hydrogen (secondary N) is 1. The van der Waals surface area contributed by atoms with Crippen LogP contribution in [0.1, 0.15) is 5.56 Å². The van der Waals surface area contributed by atoms with Crippen LogP contribution in [0.25, 0.3) is 11.3 Å². The molecule has 0 radical (unpaired) electrons. The molecule has 3 rings (SSSR count). The first-order valence-electron chi connectivity index (χ1n) is 8.06. The average Bonchev–Trinajstić information content (AvgIpc) is 3.08. The lowest BCUT2D eigenvalue weighted by Crippen LogP contribution is -2.20. The molecule has 0 atom stereocenters. The molecule has 6 nitrogen and oxygen atoms in total. The molecular weight excluding hydrogens is 384 g/mol. The van der Waals surface area contributed by atoms with E-state index in [1.807, 2.05) is 36.6 Å². The van der Waals surface area contributed by atoms with Gasteiger partial charge in [0.2, 0.25) is 0 Å². The maximum Gasteiger partial charge on any atom is 0.264 e. The highest BCUT2D eigenvalue weighted by Crippen LogP contribution is 2.25. The van der Waals surface area contributed by atoms with E-state index in [0.717, 1.165) is 17.5 Å². The number of rotatable bonds is 6. The fourth-order valence-electron chi connectivity index (χ4n) is 2.29. The zero-order valence-corrected chi connectivity index (χ0v) is 16.4. The molecule has 0 aliphatic carbocycles. The minimum absolute atomic E-state index is 0.142. The SMILES string of the molecule is Cc1ccc(-c2csc(NC(=O)COc3cccc(S(C)(=O)=O)c3)n2)cc1. The van der Waals surface area contributed by atoms with Gasteiger partial charge in [0.05, 0.1) is 10.6 Å². The average molecular weight is 402 g/mol. The molecule has 2 aromatic carbocycles. The zero-order valence-electron chi connectivity index (χ0n) is 14.8. The number of thiazole rings is 1. The number of carbonyl (C=O) groups excluding carboxylic acids is 1. The summed E-state index contributed by atoms with van der Waals surface area (Å²) < 4.78 is 28.5. The summed E-state index contributed by atoms with van der Waals surface area (Å²) in [5.41, 5.74) is 2.93. The van der Waals surface area contributed by atoms with Crippen molar-refractivity contribution in [3.63, 3.8) is 0 Å². The molecule has 1 N–H and O–H groups in total. The van der Waals surface area contributed by atoms with Gasteiger partial charge >= 0.3 is 0 Å². The van der Waals surface area contributed by atoms with Crippen LogP contribution < -0.4 is 10.1 Å². The number of ether oxygens (including phenoxy) is 1. The molecule has 1 amide bonds. The molecule has 0 saturated carbocycles. The van der Waals surface area contributed by atoms with Gasteiger partial charge in [-0.3, -0.25) is 10.1 Å². The van der Waals surface area contributed by atoms with Gasteiger partial charge in [0.15, 0.2) is 21.6 Å². The summed E-state index contributed by atoms with van der Waals surface area (Å²) in [5.74, 6) is -0.0582. The summed E-state index contributed by atoms with van der Waals surface area (Å²) in [7, 11) is -3.33. The zero-order chi connectivity index (χ0) is 19.4. The fourth-order valence-corrected chi connectivity index (χ4v) is 3.68. The Bertz CT molecular complexity index is 1060. The van der Waals surface area contributed by atoms with Crippen LogP contribution >= 0.6 is 11.3 Å². The molecule has 0 bridgehead atoms. The van der Waals surface area contributed by atoms with E-state index in [0.29, 0.717) is 10.9 Å². The van der Waals surface area contributed by atoms with Crippen molar-refractivity contribution in [2.75, 3.05) is 18.2 Å². The third-order valence-electron chi connectivity index (χ3n) is 3.70. The van der Waals surface area contributed by atoms with Crippen LogP contribution in [0.5, 0.6) is 5.75 Å². The molecule has 0 aliphatic rings. The first-order chi connectivity index (χ1) is 12.8. The van der Waals surface area contributed by atoms with Crippen molar-refractivity contribution >= 4 is 32.2 Å². The van der Waals surface area contributed by atoms with Gasteiger partial charge in [0.1, 0.15) is 5.75 Å². The number of anilines is 1. The van der Waals surface area contributed by atoms with Crippen LogP contribution in [-0.4, -0.2) is 32.2 Å². The van der Waals surface area contributed by atoms with Crippen LogP contribution in [0.3, 0.4) is 0 Å². The Hall–Kier alpha value is -2.71. The minimum atomic E-state index is -3.33. The van der Waals surface area contributed by atoms with Gasteiger partial charge < -0.3 is 4.74 Å². The molecule has 140 valence electrons. The van der Waals surface area contributed by atoms with Crippen LogP contribution in [0.4, 0.5) is 5.13 Å². The summed E-state index contributed by atoms with van der Waals surface area (Å²) in [4.78, 5) is 16.6. The quantitative estimate of drug-likeness (QED) is 0.682. The second-order valence-electron chi connectivity index (χ2n) is 5.99. The third kappa shape index (κ3) is 5.15. The predicted molar refractivity (Wildman–Crippen MR) is 106 cm³/mol. The van der Waals surface area contributed by atoms with Gasteiger partial charge in [0, 0.05) is 17.2 Å². The Kier molecular flexibility index (Phi) is 5.57. The second-order valence-corrected chi connectivity index (χ2v) is 8.86. The van der Waals surface area contributed by atoms with Crippen LogP contribution in [0.15, 0.2) is 58.8 Å². The maximum absolute atomic E-state index is 12.1. The number of sulfone groups is 1. The van der Waals surface area contributed by atoms with Crippen molar-refractivity contribution in [1.29, 1.82) is 0 Å². The molecule has 8 heteroatoms. The highest BCUT2D eigenvalue weighted by molar-refractivity contribution is 7.90. The van der Waals surface area contributed by atoms with Gasteiger partial charge in [-0.15, -0.1) is 11.3 Å². The van der Waals surface area contributed by atoms with Gasteiger partial charge in [-0.1, -0.05) is 35.9 Å². The van der Waals surface area contributed by atoms with Crippen LogP contribution in [0, 0.1) is 6.92 Å². The summed E-state index contributed by atoms with van der Waals surface area (Å²) in [6.45, 7) is 1.77. The van der Waals surface area contributed by atoms with E-state index < -0.39 is 9.84 Å². The second kappa shape index (κ2) is 7.89. The van der Waals surface area contributed by atoms with Gasteiger partial charge in [-0.2, -0.15) is 0 Å². The Morgan fingerprint density at radius 2 is 1.93 bits per heavy atom. The number of amides is 1. The molecule has 0 aliphatic heterocycles. The van der Waals surface area contributed by atoms with E-state index in [1.165, 1.54) is 29.0 Å². The van der Waals surface area contributed by atoms with Crippen LogP contribution in [-0.2, 0) is 14.6 Å². The summed E-state index contributed by atoms with van der Waals surface area (Å²) in [6, 6.07) is 14.0. The number of aromatic nitrogens is 1. The Labute approximate surface area is 161 Å². The summed E-state index contributed by atoms with van der Waals surface area (Å²) in [5, 5.41) is 5.03. The molecule has 0 spiro atoms. The van der Waals surface area contributed by atoms with Crippen molar-refractivity contribution in [2.24, 2.45) is 0 Å². The van der Waals surface area contributed by atoms with E-state index in [2.05, 4.69) is 10.3 Å². The van der Waals surface area contributed by atoms with E-state index in [9.17, 15) is 13.2 Å². The third-order valence-corrected chi connectivity index (χ3v) is 5.57. The predicted octanol–water partition coefficient (Wildman–Crippen LogP) is 3.54. The van der Waals surface area contributed by atoms with Crippen molar-refractivity contribution < 1.29 is 17.9 Å². The Morgan fingerprint density at radius 1 is 1.19 bits per heavy atom. The highest BCUT2D eigenvalue weighted by Gasteiger charge is 2.11. The van der Waals surface area contributed by atoms with E-state index >= 15 is 0 Å². The van der Waals surface area contributed by atoms with Crippen molar-refractivity contribution in [2.45, 2.75) is 11.8 Å². The monoisotopic (exact) mass is 402 g/mol. The van der Waals surface area contributed by atoms with Gasteiger partial charge in [-0.05, 0) is 25.1 Å². The van der Waals surface area contributed by atoms with E-state index in [4.69, 9.17) is 4.74 Å². The standard InChI is InChI=1S/C19H18N2O4S2/c1-13-6-8-14(9-7-13)17-12-26-19(20-17)21-18(22)11-25-15-4-3-5-16(10-15)27(2,23)24/h3-10,12H,11H2,1-2H3,(H,20,21,22). The molecule has 0 unspecified atom stereocenters. The maximum atomic E-state index is 12.1. The molecular formula is C19H18N2O4S2. The number of hydrogen-bond donors (Lipinski definition) is 1. The molecule has 1 aromatic heterocycles. The number of benzene rings is 2. The number of hydrogen-bond acceptors (Lipinski definition) is 6. The summed E-state index contributed by atoms with van der Waals surface area (Å²) in [6.07, 6.45) is 1.12. The fraction of sp³-hybridized carbons (Fsp3) is 0.158. The lowest BCUT2D eigenvalue weighted by Gasteiger charge is -2.07. The van der Waals surface area contributed by atoms with E-state index in [-0.39, 0.29) is 17.4 Å². The van der Waals surface area contributed by atoms with Gasteiger partial charge in [0.25, 0.3) is 5.91 Å². The molecule has 0 fully saturated rings. The summed E-state index contributed by atoms with van der Waals surface area (Å²) >= 11 is 1.33. The van der Waals surface area contributed by atoms with Crippen molar-refractivity contribution in [3.8, 4) is 17.0 Å². The Morgan fingerprint density at radius 3 is 2.63 bits per heavy atom. The van der Waals surface area contributed by atoms with Crippen molar-refractivity contribution in [3.05, 3.63) is 59.5 Å².